The Balaban J connectivity index is 2.47. The first kappa shape index (κ1) is 12.2. The maximum atomic E-state index is 12.3. The van der Waals surface area contributed by atoms with Crippen molar-refractivity contribution in [3.8, 4) is 0 Å². The van der Waals surface area contributed by atoms with E-state index < -0.39 is 0 Å². The van der Waals surface area contributed by atoms with Crippen LogP contribution in [0.4, 0.5) is 0 Å². The molecule has 0 spiro atoms. The summed E-state index contributed by atoms with van der Waals surface area (Å²) in [6.45, 7) is 4.03. The van der Waals surface area contributed by atoms with Crippen molar-refractivity contribution in [3.63, 3.8) is 0 Å². The molecule has 0 amide bonds. The maximum Gasteiger partial charge on any atom is 0.344 e. The van der Waals surface area contributed by atoms with Crippen molar-refractivity contribution in [1.29, 1.82) is 0 Å². The average Bonchev–Trinajstić information content (AvgIpc) is 2.50. The Kier molecular flexibility index (Phi) is 2.43. The first-order chi connectivity index (χ1) is 10.2. The number of rotatable bonds is 0. The SMILES string of the molecule is Cc1ccc(C)c2c1oc(=O)c1ccc3ccccc3c12. The zero-order valence-corrected chi connectivity index (χ0v) is 11.9. The maximum absolute atomic E-state index is 12.3. The molecule has 1 aromatic heterocycles. The van der Waals surface area contributed by atoms with Crippen molar-refractivity contribution in [1.82, 2.24) is 0 Å². The summed E-state index contributed by atoms with van der Waals surface area (Å²) in [6, 6.07) is 16.1. The fourth-order valence-electron chi connectivity index (χ4n) is 3.09. The van der Waals surface area contributed by atoms with E-state index in [0.29, 0.717) is 11.0 Å². The minimum absolute atomic E-state index is 0.267. The average molecular weight is 274 g/mol. The quantitative estimate of drug-likeness (QED) is 0.343. The van der Waals surface area contributed by atoms with E-state index in [1.807, 2.05) is 37.3 Å². The zero-order chi connectivity index (χ0) is 14.6. The van der Waals surface area contributed by atoms with Gasteiger partial charge in [-0.15, -0.1) is 0 Å². The van der Waals surface area contributed by atoms with Crippen molar-refractivity contribution in [2.24, 2.45) is 0 Å². The van der Waals surface area contributed by atoms with E-state index in [1.54, 1.807) is 0 Å². The monoisotopic (exact) mass is 274 g/mol. The lowest BCUT2D eigenvalue weighted by atomic mass is 9.96. The van der Waals surface area contributed by atoms with Crippen LogP contribution in [0.2, 0.25) is 0 Å². The van der Waals surface area contributed by atoms with Gasteiger partial charge in [0.05, 0.1) is 5.39 Å². The molecule has 0 aliphatic rings. The Bertz CT molecular complexity index is 1070. The van der Waals surface area contributed by atoms with Crippen molar-refractivity contribution in [3.05, 3.63) is 70.1 Å². The van der Waals surface area contributed by atoms with Gasteiger partial charge in [0.15, 0.2) is 0 Å². The summed E-state index contributed by atoms with van der Waals surface area (Å²) in [4.78, 5) is 12.3. The van der Waals surface area contributed by atoms with Gasteiger partial charge in [-0.2, -0.15) is 0 Å². The van der Waals surface area contributed by atoms with Gasteiger partial charge in [-0.05, 0) is 41.8 Å². The van der Waals surface area contributed by atoms with E-state index in [0.717, 1.165) is 32.7 Å². The van der Waals surface area contributed by atoms with E-state index in [9.17, 15) is 4.79 Å². The molecule has 0 saturated carbocycles. The molecule has 0 radical (unpaired) electrons. The number of benzene rings is 3. The Morgan fingerprint density at radius 3 is 2.38 bits per heavy atom. The molecule has 0 aliphatic carbocycles. The molecule has 4 rings (SSSR count). The molecule has 2 heteroatoms. The highest BCUT2D eigenvalue weighted by Crippen LogP contribution is 2.33. The summed E-state index contributed by atoms with van der Waals surface area (Å²) < 4.78 is 5.58. The molecule has 0 fully saturated rings. The third-order valence-corrected chi connectivity index (χ3v) is 4.16. The molecule has 0 bridgehead atoms. The lowest BCUT2D eigenvalue weighted by molar-refractivity contribution is 0.567. The van der Waals surface area contributed by atoms with Crippen LogP contribution in [0.25, 0.3) is 32.5 Å². The molecule has 0 aliphatic heterocycles. The van der Waals surface area contributed by atoms with Gasteiger partial charge in [-0.25, -0.2) is 4.79 Å². The number of hydrogen-bond acceptors (Lipinski definition) is 2. The molecule has 2 nitrogen and oxygen atoms in total. The van der Waals surface area contributed by atoms with Crippen LogP contribution in [-0.4, -0.2) is 0 Å². The molecule has 4 aromatic rings. The summed E-state index contributed by atoms with van der Waals surface area (Å²) in [5, 5.41) is 4.93. The lowest BCUT2D eigenvalue weighted by Crippen LogP contribution is -2.01. The second-order valence-corrected chi connectivity index (χ2v) is 5.50. The Morgan fingerprint density at radius 2 is 1.52 bits per heavy atom. The molecule has 102 valence electrons. The van der Waals surface area contributed by atoms with Gasteiger partial charge in [0.1, 0.15) is 5.58 Å². The number of fused-ring (bicyclic) bond motifs is 5. The van der Waals surface area contributed by atoms with Gasteiger partial charge in [-0.3, -0.25) is 0 Å². The van der Waals surface area contributed by atoms with Crippen molar-refractivity contribution in [2.45, 2.75) is 13.8 Å². The fraction of sp³-hybridized carbons (Fsp3) is 0.105. The van der Waals surface area contributed by atoms with Crippen LogP contribution in [0, 0.1) is 13.8 Å². The second kappa shape index (κ2) is 4.19. The van der Waals surface area contributed by atoms with Crippen LogP contribution in [0.15, 0.2) is 57.7 Å². The predicted molar refractivity (Wildman–Crippen MR) is 87.0 cm³/mol. The molecule has 1 heterocycles. The summed E-state index contributed by atoms with van der Waals surface area (Å²) in [5.74, 6) is 0. The Morgan fingerprint density at radius 1 is 0.762 bits per heavy atom. The first-order valence-electron chi connectivity index (χ1n) is 7.01. The standard InChI is InChI=1S/C19H14O2/c1-11-7-8-12(2)18-16(11)17-14-6-4-3-5-13(14)9-10-15(17)19(20)21-18/h3-10H,1-2H3. The van der Waals surface area contributed by atoms with E-state index in [4.69, 9.17) is 4.42 Å². The number of aryl methyl sites for hydroxylation is 2. The molecular formula is C19H14O2. The van der Waals surface area contributed by atoms with Crippen LogP contribution in [0.3, 0.4) is 0 Å². The third-order valence-electron chi connectivity index (χ3n) is 4.16. The van der Waals surface area contributed by atoms with Crippen LogP contribution < -0.4 is 5.63 Å². The van der Waals surface area contributed by atoms with E-state index in [2.05, 4.69) is 25.1 Å². The summed E-state index contributed by atoms with van der Waals surface area (Å²) >= 11 is 0. The minimum Gasteiger partial charge on any atom is -0.422 e. The lowest BCUT2D eigenvalue weighted by Gasteiger charge is -2.10. The molecule has 0 atom stereocenters. The normalized spacial score (nSPS) is 11.5. The predicted octanol–water partition coefficient (Wildman–Crippen LogP) is 4.72. The zero-order valence-electron chi connectivity index (χ0n) is 11.9. The van der Waals surface area contributed by atoms with E-state index in [-0.39, 0.29) is 5.63 Å². The molecule has 21 heavy (non-hydrogen) atoms. The van der Waals surface area contributed by atoms with Crippen molar-refractivity contribution >= 4 is 32.5 Å². The summed E-state index contributed by atoms with van der Waals surface area (Å²) in [7, 11) is 0. The first-order valence-corrected chi connectivity index (χ1v) is 7.01. The van der Waals surface area contributed by atoms with Crippen LogP contribution in [-0.2, 0) is 0 Å². The Labute approximate surface area is 121 Å². The van der Waals surface area contributed by atoms with Gasteiger partial charge in [0.2, 0.25) is 0 Å². The van der Waals surface area contributed by atoms with Gasteiger partial charge >= 0.3 is 5.63 Å². The largest absolute Gasteiger partial charge is 0.422 e. The highest BCUT2D eigenvalue weighted by Gasteiger charge is 2.13. The van der Waals surface area contributed by atoms with Gasteiger partial charge in [0, 0.05) is 10.8 Å². The third kappa shape index (κ3) is 1.62. The van der Waals surface area contributed by atoms with Crippen LogP contribution in [0.5, 0.6) is 0 Å². The summed E-state index contributed by atoms with van der Waals surface area (Å²) in [6.07, 6.45) is 0. The van der Waals surface area contributed by atoms with Crippen molar-refractivity contribution in [2.75, 3.05) is 0 Å². The molecule has 0 N–H and O–H groups in total. The number of hydrogen-bond donors (Lipinski definition) is 0. The van der Waals surface area contributed by atoms with Gasteiger partial charge in [0.25, 0.3) is 0 Å². The van der Waals surface area contributed by atoms with E-state index in [1.165, 1.54) is 0 Å². The highest BCUT2D eigenvalue weighted by atomic mass is 16.4. The topological polar surface area (TPSA) is 30.2 Å². The molecular weight excluding hydrogens is 260 g/mol. The second-order valence-electron chi connectivity index (χ2n) is 5.50. The van der Waals surface area contributed by atoms with Gasteiger partial charge < -0.3 is 4.42 Å². The fourth-order valence-corrected chi connectivity index (χ4v) is 3.09. The van der Waals surface area contributed by atoms with E-state index >= 15 is 0 Å². The van der Waals surface area contributed by atoms with Crippen molar-refractivity contribution < 1.29 is 4.42 Å². The highest BCUT2D eigenvalue weighted by molar-refractivity contribution is 6.19. The summed E-state index contributed by atoms with van der Waals surface area (Å²) in [5.41, 5.74) is 2.55. The molecule has 0 saturated heterocycles. The minimum atomic E-state index is -0.267. The van der Waals surface area contributed by atoms with Gasteiger partial charge in [-0.1, -0.05) is 42.5 Å². The van der Waals surface area contributed by atoms with Crippen LogP contribution in [0.1, 0.15) is 11.1 Å². The Hall–Kier alpha value is -2.61. The van der Waals surface area contributed by atoms with Crippen LogP contribution >= 0.6 is 0 Å². The smallest absolute Gasteiger partial charge is 0.344 e. The molecule has 0 unspecified atom stereocenters. The molecule has 3 aromatic carbocycles.